The Balaban J connectivity index is 2.50. The van der Waals surface area contributed by atoms with Crippen LogP contribution in [-0.2, 0) is 0 Å². The van der Waals surface area contributed by atoms with Gasteiger partial charge in [-0.3, -0.25) is 0 Å². The molecule has 0 bridgehead atoms. The van der Waals surface area contributed by atoms with Crippen LogP contribution in [-0.4, -0.2) is 17.3 Å². The minimum atomic E-state index is -0.275. The first-order valence-electron chi connectivity index (χ1n) is 3.09. The van der Waals surface area contributed by atoms with Gasteiger partial charge >= 0.3 is 0 Å². The fourth-order valence-corrected chi connectivity index (χ4v) is 0.915. The van der Waals surface area contributed by atoms with Crippen molar-refractivity contribution >= 4 is 0 Å². The van der Waals surface area contributed by atoms with Crippen molar-refractivity contribution in [2.24, 2.45) is 0 Å². The second-order valence-corrected chi connectivity index (χ2v) is 2.25. The van der Waals surface area contributed by atoms with Crippen LogP contribution in [0, 0.1) is 6.57 Å². The Kier molecular flexibility index (Phi) is 1.86. The van der Waals surface area contributed by atoms with Gasteiger partial charge in [0.25, 0.3) is 12.6 Å². The highest BCUT2D eigenvalue weighted by Crippen LogP contribution is 2.13. The van der Waals surface area contributed by atoms with Gasteiger partial charge in [0.2, 0.25) is 0 Å². The molecule has 9 heavy (non-hydrogen) atoms. The Hall–Kier alpha value is -0.810. The number of aliphatic hydroxyl groups excluding tert-OH is 1. The third-order valence-electron chi connectivity index (χ3n) is 1.51. The Morgan fingerprint density at radius 3 is 2.67 bits per heavy atom. The summed E-state index contributed by atoms with van der Waals surface area (Å²) in [6.45, 7) is 5.04. The molecule has 1 rings (SSSR count). The molecular formula is C7H10NO+. The molecule has 2 unspecified atom stereocenters. The van der Waals surface area contributed by atoms with Crippen molar-refractivity contribution in [3.63, 3.8) is 0 Å². The molecule has 0 saturated heterocycles. The van der Waals surface area contributed by atoms with Crippen molar-refractivity contribution in [2.75, 3.05) is 0 Å². The molecule has 1 aliphatic carbocycles. The minimum Gasteiger partial charge on any atom is -0.389 e. The first-order valence-corrected chi connectivity index (χ1v) is 3.09. The van der Waals surface area contributed by atoms with Crippen LogP contribution in [0.1, 0.15) is 12.8 Å². The van der Waals surface area contributed by atoms with Crippen molar-refractivity contribution < 1.29 is 5.11 Å². The number of rotatable bonds is 0. The van der Waals surface area contributed by atoms with Gasteiger partial charge in [-0.2, -0.15) is 0 Å². The zero-order chi connectivity index (χ0) is 6.69. The maximum Gasteiger partial charge on any atom is 0.290 e. The summed E-state index contributed by atoms with van der Waals surface area (Å²) in [6.07, 6.45) is 4.96. The fourth-order valence-electron chi connectivity index (χ4n) is 0.915. The first-order chi connectivity index (χ1) is 4.33. The van der Waals surface area contributed by atoms with E-state index in [1.807, 2.05) is 6.08 Å². The minimum absolute atomic E-state index is 0.133. The predicted octanol–water partition coefficient (Wildman–Crippen LogP) is 1.03. The third-order valence-corrected chi connectivity index (χ3v) is 1.51. The van der Waals surface area contributed by atoms with Gasteiger partial charge in [0.05, 0.1) is 6.10 Å². The van der Waals surface area contributed by atoms with Crippen molar-refractivity contribution in [2.45, 2.75) is 25.0 Å². The Labute approximate surface area is 54.6 Å². The number of hydrogen-bond donors (Lipinski definition) is 1. The van der Waals surface area contributed by atoms with Crippen LogP contribution in [0.4, 0.5) is 0 Å². The van der Waals surface area contributed by atoms with Crippen molar-refractivity contribution in [3.8, 4) is 6.57 Å². The van der Waals surface area contributed by atoms with E-state index in [0.29, 0.717) is 0 Å². The summed E-state index contributed by atoms with van der Waals surface area (Å²) < 4.78 is 0. The topological polar surface area (TPSA) is 24.6 Å². The highest BCUT2D eigenvalue weighted by atomic mass is 16.3. The van der Waals surface area contributed by atoms with Crippen LogP contribution in [0.5, 0.6) is 0 Å². The quantitative estimate of drug-likeness (QED) is 0.479. The molecule has 0 fully saturated rings. The van der Waals surface area contributed by atoms with Gasteiger partial charge in [-0.1, -0.05) is 10.9 Å². The summed E-state index contributed by atoms with van der Waals surface area (Å²) in [5, 5.41) is 8.95. The van der Waals surface area contributed by atoms with E-state index in [0.717, 1.165) is 12.8 Å². The van der Waals surface area contributed by atoms with Gasteiger partial charge < -0.3 is 5.11 Å². The lowest BCUT2D eigenvalue weighted by molar-refractivity contribution is 0.203. The van der Waals surface area contributed by atoms with Crippen LogP contribution < -0.4 is 0 Å². The van der Waals surface area contributed by atoms with E-state index in [4.69, 9.17) is 11.7 Å². The molecule has 0 heterocycles. The Bertz CT molecular complexity index is 157. The van der Waals surface area contributed by atoms with Crippen molar-refractivity contribution in [1.29, 1.82) is 0 Å². The largest absolute Gasteiger partial charge is 0.389 e. The zero-order valence-electron chi connectivity index (χ0n) is 5.20. The highest BCUT2D eigenvalue weighted by Gasteiger charge is 2.18. The normalized spacial score (nSPS) is 33.8. The lowest BCUT2D eigenvalue weighted by Gasteiger charge is -2.07. The van der Waals surface area contributed by atoms with Crippen LogP contribution >= 0.6 is 0 Å². The molecule has 0 aromatic carbocycles. The lowest BCUT2D eigenvalue weighted by Crippen LogP contribution is -2.12. The van der Waals surface area contributed by atoms with E-state index in [1.54, 1.807) is 6.08 Å². The summed E-state index contributed by atoms with van der Waals surface area (Å²) in [4.78, 5) is 3.58. The highest BCUT2D eigenvalue weighted by molar-refractivity contribution is 5.07. The molecular weight excluding hydrogens is 114 g/mol. The summed E-state index contributed by atoms with van der Waals surface area (Å²) in [7, 11) is 0. The van der Waals surface area contributed by atoms with Gasteiger partial charge in [0, 0.05) is 12.5 Å². The second kappa shape index (κ2) is 2.65. The molecule has 48 valence electrons. The molecule has 0 spiro atoms. The van der Waals surface area contributed by atoms with Crippen LogP contribution in [0.15, 0.2) is 12.2 Å². The average molecular weight is 124 g/mol. The maximum atomic E-state index is 8.95. The molecule has 0 aromatic heterocycles. The van der Waals surface area contributed by atoms with Crippen LogP contribution in [0.2, 0.25) is 0 Å². The fraction of sp³-hybridized carbons (Fsp3) is 0.571. The molecule has 0 amide bonds. The van der Waals surface area contributed by atoms with E-state index < -0.39 is 0 Å². The van der Waals surface area contributed by atoms with Crippen LogP contribution in [0.3, 0.4) is 0 Å². The van der Waals surface area contributed by atoms with Gasteiger partial charge in [-0.25, -0.2) is 0 Å². The molecule has 0 aromatic rings. The maximum absolute atomic E-state index is 8.95. The lowest BCUT2D eigenvalue weighted by atomic mass is 10.0. The van der Waals surface area contributed by atoms with E-state index in [2.05, 4.69) is 4.85 Å². The van der Waals surface area contributed by atoms with E-state index >= 15 is 0 Å². The summed E-state index contributed by atoms with van der Waals surface area (Å²) in [5.41, 5.74) is 0. The summed E-state index contributed by atoms with van der Waals surface area (Å²) >= 11 is 0. The molecule has 1 N–H and O–H groups in total. The van der Waals surface area contributed by atoms with Gasteiger partial charge in [0.1, 0.15) is 0 Å². The predicted molar refractivity (Wildman–Crippen MR) is 36.5 cm³/mol. The smallest absolute Gasteiger partial charge is 0.290 e. The van der Waals surface area contributed by atoms with Crippen molar-refractivity contribution in [3.05, 3.63) is 17.0 Å². The average Bonchev–Trinajstić information content (AvgIpc) is 1.90. The summed E-state index contributed by atoms with van der Waals surface area (Å²) in [6, 6.07) is 0.133. The Morgan fingerprint density at radius 1 is 1.44 bits per heavy atom. The van der Waals surface area contributed by atoms with E-state index in [-0.39, 0.29) is 12.1 Å². The molecule has 2 atom stereocenters. The molecule has 2 heteroatoms. The number of hydrogen-bond acceptors (Lipinski definition) is 1. The van der Waals surface area contributed by atoms with Gasteiger partial charge in [0.15, 0.2) is 0 Å². The standard InChI is InChI=1S/C7H10NO/c1-8-6-2-4-7(9)5-3-6/h1-2,4,6-7,9H,3,5H2/q+1. The zero-order valence-corrected chi connectivity index (χ0v) is 5.20. The van der Waals surface area contributed by atoms with E-state index in [9.17, 15) is 0 Å². The van der Waals surface area contributed by atoms with Crippen molar-refractivity contribution in [1.82, 2.24) is 0 Å². The molecule has 0 radical (unpaired) electrons. The van der Waals surface area contributed by atoms with Gasteiger partial charge in [-0.05, 0) is 6.42 Å². The van der Waals surface area contributed by atoms with E-state index in [1.165, 1.54) is 0 Å². The van der Waals surface area contributed by atoms with Gasteiger partial charge in [-0.15, -0.1) is 0 Å². The summed E-state index contributed by atoms with van der Waals surface area (Å²) in [5.74, 6) is 0. The second-order valence-electron chi connectivity index (χ2n) is 2.25. The molecule has 1 aliphatic rings. The monoisotopic (exact) mass is 124 g/mol. The third kappa shape index (κ3) is 1.55. The molecule has 0 saturated carbocycles. The first kappa shape index (κ1) is 6.31. The molecule has 2 nitrogen and oxygen atoms in total. The number of aliphatic hydroxyl groups is 1. The van der Waals surface area contributed by atoms with Crippen LogP contribution in [0.25, 0.3) is 4.85 Å². The SMILES string of the molecule is C#[N+]C1C=CC(O)CC1. The number of nitrogens with zero attached hydrogens (tertiary/aromatic N) is 1. The Morgan fingerprint density at radius 2 is 2.22 bits per heavy atom. The molecule has 0 aliphatic heterocycles.